The van der Waals surface area contributed by atoms with Crippen molar-refractivity contribution in [1.29, 1.82) is 0 Å². The smallest absolute Gasteiger partial charge is 0.338 e. The highest BCUT2D eigenvalue weighted by atomic mass is 16.6. The predicted molar refractivity (Wildman–Crippen MR) is 127 cm³/mol. The zero-order valence-corrected chi connectivity index (χ0v) is 19.1. The van der Waals surface area contributed by atoms with Crippen molar-refractivity contribution in [3.05, 3.63) is 99.1 Å². The van der Waals surface area contributed by atoms with E-state index in [2.05, 4.69) is 10.6 Å². The minimum atomic E-state index is -0.921. The molecule has 3 aromatic rings. The first-order valence-electron chi connectivity index (χ1n) is 10.5. The van der Waals surface area contributed by atoms with Gasteiger partial charge in [-0.15, -0.1) is 0 Å². The van der Waals surface area contributed by atoms with Crippen LogP contribution in [0.4, 0.5) is 11.4 Å². The van der Waals surface area contributed by atoms with Gasteiger partial charge in [0, 0.05) is 12.6 Å². The molecule has 2 N–H and O–H groups in total. The van der Waals surface area contributed by atoms with E-state index in [9.17, 15) is 24.5 Å². The van der Waals surface area contributed by atoms with Gasteiger partial charge in [0.25, 0.3) is 11.8 Å². The number of para-hydroxylation sites is 1. The van der Waals surface area contributed by atoms with Gasteiger partial charge in [0.15, 0.2) is 12.4 Å². The molecule has 0 fully saturated rings. The lowest BCUT2D eigenvalue weighted by atomic mass is 10.1. The molecule has 0 atom stereocenters. The molecule has 0 saturated carbocycles. The van der Waals surface area contributed by atoms with Crippen LogP contribution in [0.1, 0.15) is 31.8 Å². The van der Waals surface area contributed by atoms with Crippen LogP contribution in [-0.2, 0) is 16.1 Å². The first kappa shape index (κ1) is 24.9. The van der Waals surface area contributed by atoms with Gasteiger partial charge in [-0.25, -0.2) is 4.79 Å². The molecule has 0 saturated heterocycles. The molecule has 0 aliphatic rings. The summed E-state index contributed by atoms with van der Waals surface area (Å²) in [7, 11) is 1.27. The van der Waals surface area contributed by atoms with Crippen LogP contribution in [0.25, 0.3) is 0 Å². The molecule has 0 aliphatic carbocycles. The number of esters is 1. The second-order valence-electron chi connectivity index (χ2n) is 7.48. The monoisotopic (exact) mass is 477 g/mol. The molecule has 0 aromatic heterocycles. The molecular formula is C25H23N3O7. The molecule has 3 rings (SSSR count). The number of anilines is 1. The molecule has 0 heterocycles. The summed E-state index contributed by atoms with van der Waals surface area (Å²) in [4.78, 5) is 47.7. The third-order valence-electron chi connectivity index (χ3n) is 4.97. The summed E-state index contributed by atoms with van der Waals surface area (Å²) in [5.41, 5.74) is 2.01. The Kier molecular flexibility index (Phi) is 8.12. The van der Waals surface area contributed by atoms with Gasteiger partial charge in [-0.2, -0.15) is 0 Å². The number of nitrogens with one attached hydrogen (secondary N) is 2. The number of benzene rings is 3. The Hall–Kier alpha value is -4.73. The number of nitro benzene ring substituents is 1. The van der Waals surface area contributed by atoms with Crippen molar-refractivity contribution in [2.24, 2.45) is 0 Å². The average molecular weight is 477 g/mol. The van der Waals surface area contributed by atoms with E-state index in [0.717, 1.165) is 17.2 Å². The van der Waals surface area contributed by atoms with E-state index in [0.29, 0.717) is 6.54 Å². The molecule has 0 unspecified atom stereocenters. The second kappa shape index (κ2) is 11.4. The lowest BCUT2D eigenvalue weighted by molar-refractivity contribution is -0.385. The van der Waals surface area contributed by atoms with Crippen LogP contribution in [0.2, 0.25) is 0 Å². The van der Waals surface area contributed by atoms with Gasteiger partial charge in [-0.05, 0) is 36.8 Å². The molecule has 10 heteroatoms. The zero-order chi connectivity index (χ0) is 25.4. The number of aryl methyl sites for hydroxylation is 1. The van der Waals surface area contributed by atoms with Crippen molar-refractivity contribution >= 4 is 29.2 Å². The molecule has 0 aliphatic heterocycles. The maximum absolute atomic E-state index is 12.7. The van der Waals surface area contributed by atoms with Gasteiger partial charge >= 0.3 is 11.7 Å². The topological polar surface area (TPSA) is 137 Å². The highest BCUT2D eigenvalue weighted by Gasteiger charge is 2.20. The Morgan fingerprint density at radius 2 is 1.71 bits per heavy atom. The van der Waals surface area contributed by atoms with Gasteiger partial charge in [0.05, 0.1) is 28.8 Å². The Morgan fingerprint density at radius 1 is 1.00 bits per heavy atom. The maximum Gasteiger partial charge on any atom is 0.338 e. The van der Waals surface area contributed by atoms with E-state index >= 15 is 0 Å². The van der Waals surface area contributed by atoms with Crippen LogP contribution < -0.4 is 15.4 Å². The summed E-state index contributed by atoms with van der Waals surface area (Å²) >= 11 is 0. The fourth-order valence-corrected chi connectivity index (χ4v) is 3.13. The Balaban J connectivity index is 1.60. The Morgan fingerprint density at radius 3 is 2.40 bits per heavy atom. The number of carbonyl (C=O) groups is 3. The lowest BCUT2D eigenvalue weighted by Crippen LogP contribution is -2.26. The number of ether oxygens (including phenoxy) is 2. The molecule has 3 aromatic carbocycles. The highest BCUT2D eigenvalue weighted by molar-refractivity contribution is 6.04. The number of nitrogens with zero attached hydrogens (tertiary/aromatic N) is 1. The molecule has 180 valence electrons. The van der Waals surface area contributed by atoms with Gasteiger partial charge in [0.1, 0.15) is 0 Å². The van der Waals surface area contributed by atoms with Gasteiger partial charge in [-0.1, -0.05) is 42.0 Å². The van der Waals surface area contributed by atoms with E-state index in [1.807, 2.05) is 31.2 Å². The number of carbonyl (C=O) groups excluding carboxylic acids is 3. The zero-order valence-electron chi connectivity index (χ0n) is 19.1. The van der Waals surface area contributed by atoms with Crippen molar-refractivity contribution in [2.45, 2.75) is 13.5 Å². The molecule has 35 heavy (non-hydrogen) atoms. The van der Waals surface area contributed by atoms with Crippen molar-refractivity contribution in [1.82, 2.24) is 5.32 Å². The third kappa shape index (κ3) is 6.64. The van der Waals surface area contributed by atoms with Crippen LogP contribution in [0.15, 0.2) is 66.7 Å². The average Bonchev–Trinajstić information content (AvgIpc) is 2.86. The fraction of sp³-hybridized carbons (Fsp3) is 0.160. The standard InChI is InChI=1S/C25H23N3O7/c1-16-7-9-17(10-8-16)14-26-24(30)19-5-3-4-6-20(19)27-23(29)15-35-25(31)18-11-12-22(34-2)21(13-18)28(32)33/h3-13H,14-15H2,1-2H3,(H,26,30)(H,27,29). The van der Waals surface area contributed by atoms with E-state index in [1.165, 1.54) is 19.2 Å². The number of hydrogen-bond acceptors (Lipinski definition) is 7. The van der Waals surface area contributed by atoms with E-state index in [-0.39, 0.29) is 28.5 Å². The summed E-state index contributed by atoms with van der Waals surface area (Å²) in [5.74, 6) is -2.00. The Bertz CT molecular complexity index is 1260. The van der Waals surface area contributed by atoms with Crippen molar-refractivity contribution in [2.75, 3.05) is 19.0 Å². The number of hydrogen-bond donors (Lipinski definition) is 2. The SMILES string of the molecule is COc1ccc(C(=O)OCC(=O)Nc2ccccc2C(=O)NCc2ccc(C)cc2)cc1[N+](=O)[O-]. The van der Waals surface area contributed by atoms with Gasteiger partial charge in [0.2, 0.25) is 0 Å². The molecule has 10 nitrogen and oxygen atoms in total. The fourth-order valence-electron chi connectivity index (χ4n) is 3.13. The van der Waals surface area contributed by atoms with E-state index < -0.39 is 29.1 Å². The number of nitro groups is 1. The van der Waals surface area contributed by atoms with Gasteiger partial charge in [-0.3, -0.25) is 19.7 Å². The normalized spacial score (nSPS) is 10.2. The number of rotatable bonds is 9. The second-order valence-corrected chi connectivity index (χ2v) is 7.48. The summed E-state index contributed by atoms with van der Waals surface area (Å²) in [6.07, 6.45) is 0. The van der Waals surface area contributed by atoms with Crippen LogP contribution in [0, 0.1) is 17.0 Å². The summed E-state index contributed by atoms with van der Waals surface area (Å²) in [5, 5.41) is 16.5. The van der Waals surface area contributed by atoms with Crippen molar-refractivity contribution in [3.8, 4) is 5.75 Å². The van der Waals surface area contributed by atoms with Gasteiger partial charge < -0.3 is 20.1 Å². The lowest BCUT2D eigenvalue weighted by Gasteiger charge is -2.12. The van der Waals surface area contributed by atoms with Crippen molar-refractivity contribution < 1.29 is 28.8 Å². The first-order chi connectivity index (χ1) is 16.8. The van der Waals surface area contributed by atoms with E-state index in [1.54, 1.807) is 24.3 Å². The molecular weight excluding hydrogens is 454 g/mol. The van der Waals surface area contributed by atoms with Crippen LogP contribution in [0.3, 0.4) is 0 Å². The Labute approximate surface area is 201 Å². The van der Waals surface area contributed by atoms with E-state index in [4.69, 9.17) is 9.47 Å². The molecule has 2 amide bonds. The molecule has 0 spiro atoms. The third-order valence-corrected chi connectivity index (χ3v) is 4.97. The predicted octanol–water partition coefficient (Wildman–Crippen LogP) is 3.64. The minimum absolute atomic E-state index is 0.0124. The number of methoxy groups -OCH3 is 1. The molecule has 0 bridgehead atoms. The highest BCUT2D eigenvalue weighted by Crippen LogP contribution is 2.27. The minimum Gasteiger partial charge on any atom is -0.490 e. The molecule has 0 radical (unpaired) electrons. The largest absolute Gasteiger partial charge is 0.490 e. The summed E-state index contributed by atoms with van der Waals surface area (Å²) < 4.78 is 9.86. The van der Waals surface area contributed by atoms with Crippen LogP contribution in [-0.4, -0.2) is 36.4 Å². The van der Waals surface area contributed by atoms with Crippen molar-refractivity contribution in [3.63, 3.8) is 0 Å². The summed E-state index contributed by atoms with van der Waals surface area (Å²) in [6, 6.07) is 17.7. The quantitative estimate of drug-likeness (QED) is 0.273. The first-order valence-corrected chi connectivity index (χ1v) is 10.5. The maximum atomic E-state index is 12.7. The van der Waals surface area contributed by atoms with Crippen LogP contribution in [0.5, 0.6) is 5.75 Å². The number of amides is 2. The summed E-state index contributed by atoms with van der Waals surface area (Å²) in [6.45, 7) is 1.63. The van der Waals surface area contributed by atoms with Crippen LogP contribution >= 0.6 is 0 Å².